The molecule has 1 aliphatic rings. The summed E-state index contributed by atoms with van der Waals surface area (Å²) in [5, 5.41) is 0.811. The minimum atomic E-state index is -0.932. The van der Waals surface area contributed by atoms with E-state index in [0.717, 1.165) is 28.7 Å². The number of para-hydroxylation sites is 1. The van der Waals surface area contributed by atoms with E-state index in [1.807, 2.05) is 55.5 Å². The summed E-state index contributed by atoms with van der Waals surface area (Å²) in [5.41, 5.74) is 4.11. The molecule has 1 aliphatic heterocycles. The Kier molecular flexibility index (Phi) is 5.63. The molecule has 2 aromatic carbocycles. The van der Waals surface area contributed by atoms with Gasteiger partial charge in [-0.3, -0.25) is 14.4 Å². The molecule has 1 amide bonds. The topological polar surface area (TPSA) is 79.5 Å². The number of aromatic nitrogens is 1. The van der Waals surface area contributed by atoms with Gasteiger partial charge in [-0.05, 0) is 44.0 Å². The molecule has 2 atom stereocenters. The molecule has 0 radical (unpaired) electrons. The summed E-state index contributed by atoms with van der Waals surface area (Å²) in [4.78, 5) is 43.1. The van der Waals surface area contributed by atoms with Crippen molar-refractivity contribution in [2.24, 2.45) is 5.92 Å². The van der Waals surface area contributed by atoms with Crippen molar-refractivity contribution >= 4 is 34.3 Å². The van der Waals surface area contributed by atoms with Gasteiger partial charge >= 0.3 is 5.97 Å². The highest BCUT2D eigenvalue weighted by molar-refractivity contribution is 6.11. The van der Waals surface area contributed by atoms with Crippen LogP contribution in [0.1, 0.15) is 41.9 Å². The molecular formula is C25H26N2O4. The molecule has 6 nitrogen and oxygen atoms in total. The lowest BCUT2D eigenvalue weighted by molar-refractivity contribution is -0.151. The highest BCUT2D eigenvalue weighted by atomic mass is 16.5. The number of anilines is 1. The number of esters is 1. The second kappa shape index (κ2) is 8.38. The van der Waals surface area contributed by atoms with E-state index in [1.54, 1.807) is 11.8 Å². The largest absolute Gasteiger partial charge is 0.454 e. The molecule has 0 aliphatic carbocycles. The molecular weight excluding hydrogens is 392 g/mol. The van der Waals surface area contributed by atoms with Crippen LogP contribution in [-0.4, -0.2) is 35.3 Å². The Morgan fingerprint density at radius 2 is 1.87 bits per heavy atom. The Balaban J connectivity index is 1.44. The second-order valence-electron chi connectivity index (χ2n) is 8.04. The van der Waals surface area contributed by atoms with Crippen molar-refractivity contribution in [1.29, 1.82) is 0 Å². The molecule has 160 valence electrons. The zero-order valence-electron chi connectivity index (χ0n) is 18.0. The van der Waals surface area contributed by atoms with Crippen LogP contribution in [0.5, 0.6) is 0 Å². The standard InChI is InChI=1S/C25H26N2O4/c1-4-17-9-11-19(12-10-17)27-14-18(13-22(27)28)25(30)31-16(3)24(29)23-15(2)26-21-8-6-5-7-20(21)23/h5-12,16,18,26H,4,13-14H2,1-3H3/t16-,18+/m0/s1. The van der Waals surface area contributed by atoms with E-state index >= 15 is 0 Å². The van der Waals surface area contributed by atoms with Gasteiger partial charge in [-0.25, -0.2) is 0 Å². The zero-order chi connectivity index (χ0) is 22.1. The van der Waals surface area contributed by atoms with E-state index in [1.165, 1.54) is 5.56 Å². The summed E-state index contributed by atoms with van der Waals surface area (Å²) in [5.74, 6) is -1.46. The minimum absolute atomic E-state index is 0.0847. The summed E-state index contributed by atoms with van der Waals surface area (Å²) < 4.78 is 5.51. The number of nitrogens with zero attached hydrogens (tertiary/aromatic N) is 1. The number of carbonyl (C=O) groups excluding carboxylic acids is 3. The van der Waals surface area contributed by atoms with Crippen molar-refractivity contribution in [3.8, 4) is 0 Å². The van der Waals surface area contributed by atoms with Crippen LogP contribution in [0.4, 0.5) is 5.69 Å². The van der Waals surface area contributed by atoms with E-state index in [0.29, 0.717) is 5.56 Å². The Bertz CT molecular complexity index is 1150. The van der Waals surface area contributed by atoms with Gasteiger partial charge in [0.25, 0.3) is 0 Å². The fourth-order valence-electron chi connectivity index (χ4n) is 4.15. The number of carbonyl (C=O) groups is 3. The number of fused-ring (bicyclic) bond motifs is 1. The number of nitrogens with one attached hydrogen (secondary N) is 1. The molecule has 0 saturated carbocycles. The van der Waals surface area contributed by atoms with Crippen molar-refractivity contribution in [2.45, 2.75) is 39.7 Å². The molecule has 1 aromatic heterocycles. The normalized spacial score (nSPS) is 17.2. The summed E-state index contributed by atoms with van der Waals surface area (Å²) in [7, 11) is 0. The Labute approximate surface area is 181 Å². The number of aryl methyl sites for hydroxylation is 2. The van der Waals surface area contributed by atoms with Crippen LogP contribution >= 0.6 is 0 Å². The number of hydrogen-bond acceptors (Lipinski definition) is 4. The predicted molar refractivity (Wildman–Crippen MR) is 119 cm³/mol. The monoisotopic (exact) mass is 418 g/mol. The lowest BCUT2D eigenvalue weighted by Gasteiger charge is -2.18. The number of hydrogen-bond donors (Lipinski definition) is 1. The number of ketones is 1. The number of ether oxygens (including phenoxy) is 1. The van der Waals surface area contributed by atoms with E-state index in [9.17, 15) is 14.4 Å². The molecule has 0 unspecified atom stereocenters. The molecule has 0 spiro atoms. The SMILES string of the molecule is CCc1ccc(N2C[C@H](C(=O)O[C@@H](C)C(=O)c3c(C)[nH]c4ccccc34)CC2=O)cc1. The van der Waals surface area contributed by atoms with Crippen molar-refractivity contribution in [3.63, 3.8) is 0 Å². The molecule has 3 aromatic rings. The first-order chi connectivity index (χ1) is 14.9. The molecule has 1 N–H and O–H groups in total. The predicted octanol–water partition coefficient (Wildman–Crippen LogP) is 4.21. The van der Waals surface area contributed by atoms with Crippen LogP contribution in [0.3, 0.4) is 0 Å². The highest BCUT2D eigenvalue weighted by Gasteiger charge is 2.37. The number of H-pyrrole nitrogens is 1. The van der Waals surface area contributed by atoms with Gasteiger partial charge in [-0.15, -0.1) is 0 Å². The smallest absolute Gasteiger partial charge is 0.312 e. The van der Waals surface area contributed by atoms with Crippen molar-refractivity contribution in [3.05, 3.63) is 65.4 Å². The molecule has 0 bridgehead atoms. The van der Waals surface area contributed by atoms with Gasteiger partial charge in [0.15, 0.2) is 6.10 Å². The van der Waals surface area contributed by atoms with Crippen LogP contribution in [0.15, 0.2) is 48.5 Å². The summed E-state index contributed by atoms with van der Waals surface area (Å²) in [6, 6.07) is 15.3. The highest BCUT2D eigenvalue weighted by Crippen LogP contribution is 2.28. The number of Topliss-reactive ketones (excluding diaryl/α,β-unsaturated/α-hetero) is 1. The average Bonchev–Trinajstić information content (AvgIpc) is 3.32. The fourth-order valence-corrected chi connectivity index (χ4v) is 4.15. The number of aromatic amines is 1. The lowest BCUT2D eigenvalue weighted by Crippen LogP contribution is -2.30. The summed E-state index contributed by atoms with van der Waals surface area (Å²) in [6.07, 6.45) is 0.0743. The van der Waals surface area contributed by atoms with Crippen molar-refractivity contribution in [2.75, 3.05) is 11.4 Å². The first-order valence-electron chi connectivity index (χ1n) is 10.6. The average molecular weight is 418 g/mol. The van der Waals surface area contributed by atoms with Crippen LogP contribution in [0, 0.1) is 12.8 Å². The quantitative estimate of drug-likeness (QED) is 0.480. The van der Waals surface area contributed by atoms with Gasteiger partial charge in [0.2, 0.25) is 11.7 Å². The van der Waals surface area contributed by atoms with Crippen molar-refractivity contribution < 1.29 is 19.1 Å². The first-order valence-corrected chi connectivity index (χ1v) is 10.6. The van der Waals surface area contributed by atoms with E-state index < -0.39 is 18.0 Å². The maximum atomic E-state index is 13.0. The fraction of sp³-hybridized carbons (Fsp3) is 0.320. The molecule has 2 heterocycles. The Morgan fingerprint density at radius 1 is 1.16 bits per heavy atom. The lowest BCUT2D eigenvalue weighted by atomic mass is 10.0. The van der Waals surface area contributed by atoms with Crippen molar-refractivity contribution in [1.82, 2.24) is 4.98 Å². The third kappa shape index (κ3) is 3.98. The molecule has 4 rings (SSSR count). The first kappa shape index (κ1) is 20.8. The van der Waals surface area contributed by atoms with Gasteiger partial charge in [0, 0.05) is 40.8 Å². The maximum absolute atomic E-state index is 13.0. The molecule has 1 fully saturated rings. The third-order valence-corrected chi connectivity index (χ3v) is 5.92. The van der Waals surface area contributed by atoms with Gasteiger partial charge in [0.05, 0.1) is 5.92 Å². The second-order valence-corrected chi connectivity index (χ2v) is 8.04. The maximum Gasteiger partial charge on any atom is 0.312 e. The van der Waals surface area contributed by atoms with Gasteiger partial charge < -0.3 is 14.6 Å². The van der Waals surface area contributed by atoms with Crippen LogP contribution in [0.25, 0.3) is 10.9 Å². The van der Waals surface area contributed by atoms with E-state index in [-0.39, 0.29) is 24.7 Å². The number of rotatable bonds is 6. The molecule has 6 heteroatoms. The molecule has 1 saturated heterocycles. The van der Waals surface area contributed by atoms with E-state index in [2.05, 4.69) is 11.9 Å². The van der Waals surface area contributed by atoms with Gasteiger partial charge in [-0.2, -0.15) is 0 Å². The molecule has 31 heavy (non-hydrogen) atoms. The minimum Gasteiger partial charge on any atom is -0.454 e. The Hall–Kier alpha value is -3.41. The van der Waals surface area contributed by atoms with Gasteiger partial charge in [-0.1, -0.05) is 37.3 Å². The number of amides is 1. The van der Waals surface area contributed by atoms with Gasteiger partial charge in [0.1, 0.15) is 0 Å². The zero-order valence-corrected chi connectivity index (χ0v) is 18.0. The summed E-state index contributed by atoms with van der Waals surface area (Å²) in [6.45, 7) is 5.75. The van der Waals surface area contributed by atoms with Crippen LogP contribution < -0.4 is 4.90 Å². The van der Waals surface area contributed by atoms with Crippen LogP contribution in [-0.2, 0) is 20.7 Å². The van der Waals surface area contributed by atoms with E-state index in [4.69, 9.17) is 4.74 Å². The third-order valence-electron chi connectivity index (χ3n) is 5.92. The summed E-state index contributed by atoms with van der Waals surface area (Å²) >= 11 is 0. The van der Waals surface area contributed by atoms with Crippen LogP contribution in [0.2, 0.25) is 0 Å². The Morgan fingerprint density at radius 3 is 2.58 bits per heavy atom. The number of benzene rings is 2.